The van der Waals surface area contributed by atoms with E-state index in [0.29, 0.717) is 0 Å². The molecule has 2 heterocycles. The molecule has 1 atom stereocenters. The van der Waals surface area contributed by atoms with E-state index >= 15 is 0 Å². The van der Waals surface area contributed by atoms with E-state index < -0.39 is 0 Å². The Bertz CT molecular complexity index is 3490. The summed E-state index contributed by atoms with van der Waals surface area (Å²) in [5.41, 5.74) is 19.0. The Morgan fingerprint density at radius 3 is 1.70 bits per heavy atom. The van der Waals surface area contributed by atoms with Gasteiger partial charge in [-0.05, 0) is 127 Å². The summed E-state index contributed by atoms with van der Waals surface area (Å²) in [6, 6.07) is 52.7. The van der Waals surface area contributed by atoms with Crippen LogP contribution in [0, 0.1) is 27.7 Å². The molecule has 0 aliphatic heterocycles. The lowest BCUT2D eigenvalue weighted by Crippen LogP contribution is -2.21. The summed E-state index contributed by atoms with van der Waals surface area (Å²) in [5, 5.41) is 7.02. The Balaban J connectivity index is 1.10. The van der Waals surface area contributed by atoms with Crippen LogP contribution < -0.4 is 9.80 Å². The summed E-state index contributed by atoms with van der Waals surface area (Å²) in [4.78, 5) is 4.86. The van der Waals surface area contributed by atoms with Crippen LogP contribution in [0.25, 0.3) is 66.4 Å². The van der Waals surface area contributed by atoms with Crippen molar-refractivity contribution in [3.05, 3.63) is 197 Å². The largest absolute Gasteiger partial charge is 0.454 e. The number of para-hydroxylation sites is 4. The normalized spacial score (nSPS) is 14.5. The average molecular weight is 775 g/mol. The van der Waals surface area contributed by atoms with Crippen LogP contribution in [0.4, 0.5) is 28.4 Å². The van der Waals surface area contributed by atoms with E-state index in [-0.39, 0.29) is 5.92 Å². The van der Waals surface area contributed by atoms with Crippen LogP contribution in [-0.2, 0) is 0 Å². The van der Waals surface area contributed by atoms with Crippen LogP contribution in [-0.4, -0.2) is 0 Å². The summed E-state index contributed by atoms with van der Waals surface area (Å²) in [5.74, 6) is 0.243. The molecule has 0 amide bonds. The van der Waals surface area contributed by atoms with Gasteiger partial charge >= 0.3 is 0 Å². The quantitative estimate of drug-likeness (QED) is 0.168. The first-order valence-corrected chi connectivity index (χ1v) is 20.9. The highest BCUT2D eigenvalue weighted by atomic mass is 16.3. The first kappa shape index (κ1) is 34.7. The van der Waals surface area contributed by atoms with Gasteiger partial charge in [-0.25, -0.2) is 0 Å². The molecule has 2 aliphatic rings. The topological polar surface area (TPSA) is 32.8 Å². The summed E-state index contributed by atoms with van der Waals surface area (Å²) < 4.78 is 13.5. The number of anilines is 5. The van der Waals surface area contributed by atoms with Gasteiger partial charge in [-0.1, -0.05) is 109 Å². The minimum Gasteiger partial charge on any atom is -0.454 e. The lowest BCUT2D eigenvalue weighted by Gasteiger charge is -2.36. The molecule has 4 heteroatoms. The fraction of sp³-hybridized carbons (Fsp3) is 0.107. The minimum absolute atomic E-state index is 0.243. The van der Waals surface area contributed by atoms with Gasteiger partial charge in [-0.2, -0.15) is 0 Å². The standard InChI is InChI=1S/C56H42N2O2/c1-33-19-25-39(31-35(33)3)57(49-15-9-13-43-41-11-5-7-17-51(41)59-55(43)49)47-29-23-37-22-28-46-48(30-24-38-21-27-45(47)53(37)54(38)46)58(40-26-20-34(2)36(4)32-40)50-16-10-14-44-42-12-6-8-18-52(42)60-56(44)50/h5-23,25-32,38H,24H2,1-4H3. The average Bonchev–Trinajstić information content (AvgIpc) is 3.86. The van der Waals surface area contributed by atoms with E-state index in [0.717, 1.165) is 78.7 Å². The Morgan fingerprint density at radius 2 is 1.07 bits per heavy atom. The predicted octanol–water partition coefficient (Wildman–Crippen LogP) is 16.0. The zero-order valence-corrected chi connectivity index (χ0v) is 34.1. The molecule has 0 radical (unpaired) electrons. The molecule has 0 saturated carbocycles. The van der Waals surface area contributed by atoms with E-state index in [1.54, 1.807) is 0 Å². The molecule has 8 aromatic carbocycles. The maximum absolute atomic E-state index is 6.74. The van der Waals surface area contributed by atoms with E-state index in [1.807, 2.05) is 12.1 Å². The number of benzene rings is 8. The molecule has 2 aliphatic carbocycles. The van der Waals surface area contributed by atoms with Crippen molar-refractivity contribution in [3.8, 4) is 0 Å². The van der Waals surface area contributed by atoms with E-state index in [2.05, 4.69) is 189 Å². The molecule has 0 fully saturated rings. The molecular formula is C56H42N2O2. The van der Waals surface area contributed by atoms with E-state index in [1.165, 1.54) is 55.4 Å². The lowest BCUT2D eigenvalue weighted by molar-refractivity contribution is 0.668. The van der Waals surface area contributed by atoms with Crippen LogP contribution in [0.2, 0.25) is 0 Å². The lowest BCUT2D eigenvalue weighted by atomic mass is 9.77. The van der Waals surface area contributed by atoms with Crippen LogP contribution >= 0.6 is 0 Å². The van der Waals surface area contributed by atoms with Crippen molar-refractivity contribution < 1.29 is 8.83 Å². The van der Waals surface area contributed by atoms with Gasteiger partial charge in [0, 0.05) is 55.7 Å². The molecule has 0 bridgehead atoms. The van der Waals surface area contributed by atoms with Gasteiger partial charge in [0.25, 0.3) is 0 Å². The van der Waals surface area contributed by atoms with Gasteiger partial charge in [-0.3, -0.25) is 0 Å². The maximum Gasteiger partial charge on any atom is 0.159 e. The zero-order valence-electron chi connectivity index (χ0n) is 34.1. The zero-order chi connectivity index (χ0) is 40.2. The van der Waals surface area contributed by atoms with Crippen LogP contribution in [0.1, 0.15) is 51.3 Å². The van der Waals surface area contributed by atoms with Crippen molar-refractivity contribution in [1.82, 2.24) is 0 Å². The molecule has 12 rings (SSSR count). The van der Waals surface area contributed by atoms with Gasteiger partial charge < -0.3 is 18.6 Å². The third-order valence-corrected chi connectivity index (χ3v) is 13.2. The summed E-state index contributed by atoms with van der Waals surface area (Å²) in [7, 11) is 0. The molecule has 2 aromatic heterocycles. The number of hydrogen-bond acceptors (Lipinski definition) is 4. The highest BCUT2D eigenvalue weighted by Crippen LogP contribution is 2.52. The Morgan fingerprint density at radius 1 is 0.500 bits per heavy atom. The van der Waals surface area contributed by atoms with Crippen molar-refractivity contribution in [3.63, 3.8) is 0 Å². The van der Waals surface area contributed by atoms with Crippen molar-refractivity contribution in [2.45, 2.75) is 40.0 Å². The first-order valence-electron chi connectivity index (χ1n) is 20.9. The second-order valence-corrected chi connectivity index (χ2v) is 16.6. The fourth-order valence-electron chi connectivity index (χ4n) is 9.86. The monoisotopic (exact) mass is 774 g/mol. The molecule has 0 spiro atoms. The first-order chi connectivity index (χ1) is 29.4. The van der Waals surface area contributed by atoms with Crippen molar-refractivity contribution in [2.75, 3.05) is 9.80 Å². The van der Waals surface area contributed by atoms with Gasteiger partial charge in [0.15, 0.2) is 11.2 Å². The molecule has 4 nitrogen and oxygen atoms in total. The fourth-order valence-corrected chi connectivity index (χ4v) is 9.86. The summed E-state index contributed by atoms with van der Waals surface area (Å²) >= 11 is 0. The van der Waals surface area contributed by atoms with E-state index in [9.17, 15) is 0 Å². The van der Waals surface area contributed by atoms with Gasteiger partial charge in [-0.15, -0.1) is 0 Å². The second kappa shape index (κ2) is 13.1. The molecule has 0 saturated heterocycles. The minimum atomic E-state index is 0.243. The Kier molecular flexibility index (Phi) is 7.58. The Hall–Kier alpha value is -7.30. The van der Waals surface area contributed by atoms with Crippen LogP contribution in [0.5, 0.6) is 0 Å². The second-order valence-electron chi connectivity index (χ2n) is 16.6. The van der Waals surface area contributed by atoms with Crippen LogP contribution in [0.15, 0.2) is 167 Å². The SMILES string of the molecule is Cc1ccc(N(C2=CCC3C=Cc4c(N(c5ccc(C)c(C)c5)c5cccc6c5oc5ccccc56)ccc5ccc2c3c45)c2cccc3c2oc2ccccc23)cc1C. The van der Waals surface area contributed by atoms with Gasteiger partial charge in [0.05, 0.1) is 17.1 Å². The molecule has 10 aromatic rings. The number of nitrogens with zero attached hydrogens (tertiary/aromatic N) is 2. The number of allylic oxidation sites excluding steroid dienone is 2. The third kappa shape index (κ3) is 5.10. The van der Waals surface area contributed by atoms with Crippen molar-refractivity contribution in [1.29, 1.82) is 0 Å². The third-order valence-electron chi connectivity index (χ3n) is 13.2. The molecular weight excluding hydrogens is 733 g/mol. The maximum atomic E-state index is 6.74. The molecule has 1 unspecified atom stereocenters. The summed E-state index contributed by atoms with van der Waals surface area (Å²) in [6.45, 7) is 8.77. The molecule has 60 heavy (non-hydrogen) atoms. The predicted molar refractivity (Wildman–Crippen MR) is 252 cm³/mol. The van der Waals surface area contributed by atoms with Crippen LogP contribution in [0.3, 0.4) is 0 Å². The number of fused-ring (bicyclic) bond motifs is 6. The van der Waals surface area contributed by atoms with Crippen molar-refractivity contribution in [2.24, 2.45) is 0 Å². The smallest absolute Gasteiger partial charge is 0.159 e. The number of rotatable bonds is 6. The van der Waals surface area contributed by atoms with Gasteiger partial charge in [0.2, 0.25) is 0 Å². The highest BCUT2D eigenvalue weighted by Gasteiger charge is 2.33. The number of hydrogen-bond donors (Lipinski definition) is 0. The highest BCUT2D eigenvalue weighted by molar-refractivity contribution is 6.14. The molecule has 0 N–H and O–H groups in total. The number of furan rings is 2. The summed E-state index contributed by atoms with van der Waals surface area (Å²) in [6.07, 6.45) is 8.13. The van der Waals surface area contributed by atoms with E-state index in [4.69, 9.17) is 8.83 Å². The Labute approximate surface area is 348 Å². The van der Waals surface area contributed by atoms with Crippen molar-refractivity contribution >= 4 is 94.9 Å². The number of aryl methyl sites for hydroxylation is 4. The molecule has 288 valence electrons. The van der Waals surface area contributed by atoms with Gasteiger partial charge in [0.1, 0.15) is 11.2 Å².